The molecule has 1 N–H and O–H groups in total. The van der Waals surface area contributed by atoms with Gasteiger partial charge in [-0.3, -0.25) is 0 Å². The number of hydrogen-bond donors (Lipinski definition) is 1. The number of hydrogen-bond acceptors (Lipinski definition) is 1. The molecule has 0 spiro atoms. The van der Waals surface area contributed by atoms with E-state index < -0.39 is 0 Å². The Bertz CT molecular complexity index is 604. The molecule has 1 unspecified atom stereocenters. The van der Waals surface area contributed by atoms with Gasteiger partial charge in [-0.15, -0.1) is 0 Å². The minimum absolute atomic E-state index is 0.248. The molecule has 2 heteroatoms. The Balaban J connectivity index is 2.53. The van der Waals surface area contributed by atoms with Crippen LogP contribution in [0.5, 0.6) is 0 Å². The van der Waals surface area contributed by atoms with Crippen LogP contribution in [0.4, 0.5) is 0 Å². The third kappa shape index (κ3) is 3.13. The van der Waals surface area contributed by atoms with E-state index in [0.717, 1.165) is 6.54 Å². The van der Waals surface area contributed by atoms with E-state index in [1.165, 1.54) is 32.3 Å². The number of rotatable bonds is 4. The van der Waals surface area contributed by atoms with E-state index in [1.807, 2.05) is 0 Å². The Morgan fingerprint density at radius 1 is 1.05 bits per heavy atom. The zero-order valence-corrected chi connectivity index (χ0v) is 14.2. The number of aryl methyl sites for hydroxylation is 2. The van der Waals surface area contributed by atoms with Crippen LogP contribution >= 0.6 is 15.9 Å². The molecule has 0 fully saturated rings. The van der Waals surface area contributed by atoms with Crippen molar-refractivity contribution >= 4 is 15.9 Å². The summed E-state index contributed by atoms with van der Waals surface area (Å²) in [4.78, 5) is 0. The maximum atomic E-state index is 3.64. The lowest BCUT2D eigenvalue weighted by atomic mass is 9.91. The van der Waals surface area contributed by atoms with Gasteiger partial charge in [0.2, 0.25) is 0 Å². The van der Waals surface area contributed by atoms with Crippen molar-refractivity contribution in [2.24, 2.45) is 0 Å². The van der Waals surface area contributed by atoms with Gasteiger partial charge in [0, 0.05) is 4.47 Å². The normalized spacial score (nSPS) is 12.4. The van der Waals surface area contributed by atoms with Crippen LogP contribution in [0.3, 0.4) is 0 Å². The average molecular weight is 332 g/mol. The third-order valence-electron chi connectivity index (χ3n) is 3.77. The van der Waals surface area contributed by atoms with Crippen molar-refractivity contribution in [3.05, 3.63) is 68.7 Å². The van der Waals surface area contributed by atoms with Gasteiger partial charge < -0.3 is 5.32 Å². The molecule has 0 aliphatic heterocycles. The highest BCUT2D eigenvalue weighted by atomic mass is 79.9. The lowest BCUT2D eigenvalue weighted by Crippen LogP contribution is -2.23. The van der Waals surface area contributed by atoms with Gasteiger partial charge in [0.1, 0.15) is 0 Å². The lowest BCUT2D eigenvalue weighted by molar-refractivity contribution is 0.624. The van der Waals surface area contributed by atoms with Crippen LogP contribution in [0.2, 0.25) is 0 Å². The van der Waals surface area contributed by atoms with Gasteiger partial charge in [0.25, 0.3) is 0 Å². The Morgan fingerprint density at radius 3 is 2.45 bits per heavy atom. The summed E-state index contributed by atoms with van der Waals surface area (Å²) in [5.41, 5.74) is 6.66. The van der Waals surface area contributed by atoms with Crippen molar-refractivity contribution in [1.82, 2.24) is 5.32 Å². The first-order valence-electron chi connectivity index (χ1n) is 7.10. The smallest absolute Gasteiger partial charge is 0.0582 e. The summed E-state index contributed by atoms with van der Waals surface area (Å²) in [7, 11) is 0. The first kappa shape index (κ1) is 15.3. The molecule has 2 aromatic carbocycles. The average Bonchev–Trinajstić information content (AvgIpc) is 2.40. The van der Waals surface area contributed by atoms with Crippen molar-refractivity contribution < 1.29 is 0 Å². The van der Waals surface area contributed by atoms with Crippen molar-refractivity contribution in [2.75, 3.05) is 6.54 Å². The molecule has 0 radical (unpaired) electrons. The Kier molecular flexibility index (Phi) is 5.00. The topological polar surface area (TPSA) is 12.0 Å². The zero-order valence-electron chi connectivity index (χ0n) is 12.6. The van der Waals surface area contributed by atoms with E-state index in [-0.39, 0.29) is 6.04 Å². The zero-order chi connectivity index (χ0) is 14.7. The molecule has 2 rings (SSSR count). The second-order valence-electron chi connectivity index (χ2n) is 5.30. The van der Waals surface area contributed by atoms with Crippen molar-refractivity contribution in [2.45, 2.75) is 33.7 Å². The first-order chi connectivity index (χ1) is 9.54. The van der Waals surface area contributed by atoms with Gasteiger partial charge >= 0.3 is 0 Å². The van der Waals surface area contributed by atoms with Crippen molar-refractivity contribution in [3.63, 3.8) is 0 Å². The van der Waals surface area contributed by atoms with E-state index in [9.17, 15) is 0 Å². The summed E-state index contributed by atoms with van der Waals surface area (Å²) >= 11 is 3.64. The Morgan fingerprint density at radius 2 is 1.80 bits per heavy atom. The molecule has 0 aliphatic carbocycles. The maximum Gasteiger partial charge on any atom is 0.0582 e. The molecule has 0 aromatic heterocycles. The number of benzene rings is 2. The highest BCUT2D eigenvalue weighted by Crippen LogP contribution is 2.30. The molecule has 0 aliphatic rings. The fourth-order valence-corrected chi connectivity index (χ4v) is 3.06. The molecular weight excluding hydrogens is 310 g/mol. The lowest BCUT2D eigenvalue weighted by Gasteiger charge is -2.23. The second kappa shape index (κ2) is 6.55. The summed E-state index contributed by atoms with van der Waals surface area (Å²) in [6.45, 7) is 9.62. The highest BCUT2D eigenvalue weighted by Gasteiger charge is 2.17. The molecule has 0 bridgehead atoms. The van der Waals surface area contributed by atoms with Gasteiger partial charge in [-0.25, -0.2) is 0 Å². The molecular formula is C18H22BrN. The van der Waals surface area contributed by atoms with E-state index in [1.54, 1.807) is 0 Å². The third-order valence-corrected chi connectivity index (χ3v) is 4.62. The predicted molar refractivity (Wildman–Crippen MR) is 90.3 cm³/mol. The summed E-state index contributed by atoms with van der Waals surface area (Å²) in [5, 5.41) is 3.62. The largest absolute Gasteiger partial charge is 0.307 e. The van der Waals surface area contributed by atoms with Crippen LogP contribution in [0.25, 0.3) is 0 Å². The fourth-order valence-electron chi connectivity index (χ4n) is 2.68. The van der Waals surface area contributed by atoms with E-state index in [4.69, 9.17) is 0 Å². The molecule has 1 nitrogen and oxygen atoms in total. The van der Waals surface area contributed by atoms with Crippen LogP contribution < -0.4 is 5.32 Å². The molecule has 20 heavy (non-hydrogen) atoms. The summed E-state index contributed by atoms with van der Waals surface area (Å²) in [5.74, 6) is 0. The molecule has 0 saturated carbocycles. The minimum atomic E-state index is 0.248. The van der Waals surface area contributed by atoms with E-state index in [2.05, 4.69) is 85.3 Å². The second-order valence-corrected chi connectivity index (χ2v) is 6.16. The van der Waals surface area contributed by atoms with Gasteiger partial charge in [0.05, 0.1) is 6.04 Å². The highest BCUT2D eigenvalue weighted by molar-refractivity contribution is 9.10. The Hall–Kier alpha value is -1.12. The molecule has 0 amide bonds. The summed E-state index contributed by atoms with van der Waals surface area (Å²) < 4.78 is 1.17. The predicted octanol–water partition coefficient (Wildman–Crippen LogP) is 5.07. The summed E-state index contributed by atoms with van der Waals surface area (Å²) in [6.07, 6.45) is 0. The van der Waals surface area contributed by atoms with Crippen molar-refractivity contribution in [3.8, 4) is 0 Å². The molecule has 106 valence electrons. The van der Waals surface area contributed by atoms with Crippen LogP contribution in [0, 0.1) is 20.8 Å². The number of halogens is 1. The molecule has 2 aromatic rings. The first-order valence-corrected chi connectivity index (χ1v) is 7.89. The van der Waals surface area contributed by atoms with Gasteiger partial charge in [-0.1, -0.05) is 58.7 Å². The maximum absolute atomic E-state index is 3.64. The molecule has 0 heterocycles. The molecule has 1 atom stereocenters. The van der Waals surface area contributed by atoms with Gasteiger partial charge in [-0.2, -0.15) is 0 Å². The standard InChI is InChI=1S/C18H22BrN/c1-5-20-18(15-10-9-12(2)11-13(15)3)16-7-6-8-17(19)14(16)4/h6-11,18,20H,5H2,1-4H3. The molecule has 0 saturated heterocycles. The van der Waals surface area contributed by atoms with Crippen LogP contribution in [0.15, 0.2) is 40.9 Å². The van der Waals surface area contributed by atoms with Crippen molar-refractivity contribution in [1.29, 1.82) is 0 Å². The van der Waals surface area contributed by atoms with Crippen LogP contribution in [-0.4, -0.2) is 6.54 Å². The summed E-state index contributed by atoms with van der Waals surface area (Å²) in [6, 6.07) is 13.4. The van der Waals surface area contributed by atoms with Crippen LogP contribution in [-0.2, 0) is 0 Å². The van der Waals surface area contributed by atoms with E-state index >= 15 is 0 Å². The fraction of sp³-hybridized carbons (Fsp3) is 0.333. The quantitative estimate of drug-likeness (QED) is 0.824. The monoisotopic (exact) mass is 331 g/mol. The SMILES string of the molecule is CCNC(c1ccc(C)cc1C)c1cccc(Br)c1C. The number of nitrogens with one attached hydrogen (secondary N) is 1. The minimum Gasteiger partial charge on any atom is -0.307 e. The van der Waals surface area contributed by atoms with Crippen LogP contribution in [0.1, 0.15) is 40.8 Å². The van der Waals surface area contributed by atoms with Gasteiger partial charge in [-0.05, 0) is 55.6 Å². The van der Waals surface area contributed by atoms with E-state index in [0.29, 0.717) is 0 Å². The Labute approximate surface area is 130 Å². The van der Waals surface area contributed by atoms with Gasteiger partial charge in [0.15, 0.2) is 0 Å².